The van der Waals surface area contributed by atoms with Crippen molar-refractivity contribution in [2.24, 2.45) is 12.5 Å². The molecule has 1 saturated carbocycles. The predicted molar refractivity (Wildman–Crippen MR) is 73.2 cm³/mol. The Morgan fingerprint density at radius 1 is 1.55 bits per heavy atom. The fourth-order valence-corrected chi connectivity index (χ4v) is 2.10. The number of amides is 1. The van der Waals surface area contributed by atoms with Gasteiger partial charge in [0.1, 0.15) is 5.41 Å². The molecule has 6 nitrogen and oxygen atoms in total. The molecule has 1 amide bonds. The van der Waals surface area contributed by atoms with Gasteiger partial charge in [-0.05, 0) is 32.3 Å². The fourth-order valence-electron chi connectivity index (χ4n) is 2.10. The minimum atomic E-state index is -1.46. The van der Waals surface area contributed by atoms with Gasteiger partial charge in [-0.2, -0.15) is 5.10 Å². The van der Waals surface area contributed by atoms with Crippen LogP contribution in [0.1, 0.15) is 38.1 Å². The standard InChI is InChI=1S/C14H21N3O3/c1-4-9-7-11(17(3)16-9)8-14(2,13(19)20)12(18)15-10-5-6-10/h7,10H,4-6,8H2,1-3H3,(H,15,18)(H,19,20). The van der Waals surface area contributed by atoms with Crippen LogP contribution >= 0.6 is 0 Å². The average molecular weight is 279 g/mol. The number of aryl methyl sites for hydroxylation is 2. The number of hydrogen-bond acceptors (Lipinski definition) is 3. The zero-order chi connectivity index (χ0) is 14.9. The molecular formula is C14H21N3O3. The SMILES string of the molecule is CCc1cc(CC(C)(C(=O)O)C(=O)NC2CC2)n(C)n1. The molecule has 0 saturated heterocycles. The molecule has 20 heavy (non-hydrogen) atoms. The van der Waals surface area contributed by atoms with Gasteiger partial charge in [-0.25, -0.2) is 0 Å². The van der Waals surface area contributed by atoms with Crippen LogP contribution in [0.4, 0.5) is 0 Å². The molecule has 0 radical (unpaired) electrons. The van der Waals surface area contributed by atoms with E-state index < -0.39 is 17.3 Å². The van der Waals surface area contributed by atoms with E-state index >= 15 is 0 Å². The maximum absolute atomic E-state index is 12.2. The lowest BCUT2D eigenvalue weighted by Crippen LogP contribution is -2.47. The van der Waals surface area contributed by atoms with Crippen LogP contribution in [0.5, 0.6) is 0 Å². The van der Waals surface area contributed by atoms with Gasteiger partial charge in [-0.1, -0.05) is 6.92 Å². The van der Waals surface area contributed by atoms with Crippen molar-refractivity contribution < 1.29 is 14.7 Å². The van der Waals surface area contributed by atoms with Gasteiger partial charge in [0.05, 0.1) is 5.69 Å². The van der Waals surface area contributed by atoms with E-state index in [4.69, 9.17) is 0 Å². The van der Waals surface area contributed by atoms with Gasteiger partial charge in [0.25, 0.3) is 0 Å². The number of carbonyl (C=O) groups is 2. The summed E-state index contributed by atoms with van der Waals surface area (Å²) in [7, 11) is 1.77. The Bertz CT molecular complexity index is 534. The van der Waals surface area contributed by atoms with Crippen LogP contribution in [0.15, 0.2) is 6.07 Å². The molecule has 1 heterocycles. The van der Waals surface area contributed by atoms with Gasteiger partial charge in [-0.3, -0.25) is 14.3 Å². The van der Waals surface area contributed by atoms with E-state index in [2.05, 4.69) is 10.4 Å². The lowest BCUT2D eigenvalue weighted by molar-refractivity contribution is -0.154. The lowest BCUT2D eigenvalue weighted by atomic mass is 9.84. The van der Waals surface area contributed by atoms with Crippen LogP contribution in [0.25, 0.3) is 0 Å². The van der Waals surface area contributed by atoms with Crippen LogP contribution in [0.3, 0.4) is 0 Å². The van der Waals surface area contributed by atoms with Crippen LogP contribution in [0, 0.1) is 5.41 Å². The zero-order valence-corrected chi connectivity index (χ0v) is 12.1. The van der Waals surface area contributed by atoms with E-state index in [-0.39, 0.29) is 12.5 Å². The largest absolute Gasteiger partial charge is 0.480 e. The summed E-state index contributed by atoms with van der Waals surface area (Å²) in [6.07, 6.45) is 2.80. The Hall–Kier alpha value is -1.85. The molecule has 1 atom stereocenters. The molecule has 1 aliphatic rings. The van der Waals surface area contributed by atoms with Gasteiger partial charge in [0, 0.05) is 25.2 Å². The third-order valence-electron chi connectivity index (χ3n) is 3.81. The maximum Gasteiger partial charge on any atom is 0.319 e. The quantitative estimate of drug-likeness (QED) is 0.758. The van der Waals surface area contributed by atoms with Crippen molar-refractivity contribution in [1.29, 1.82) is 0 Å². The smallest absolute Gasteiger partial charge is 0.319 e. The van der Waals surface area contributed by atoms with E-state index in [0.717, 1.165) is 30.7 Å². The molecule has 110 valence electrons. The Labute approximate surface area is 118 Å². The second kappa shape index (κ2) is 5.26. The summed E-state index contributed by atoms with van der Waals surface area (Å²) < 4.78 is 1.66. The van der Waals surface area contributed by atoms with Gasteiger partial charge in [-0.15, -0.1) is 0 Å². The van der Waals surface area contributed by atoms with Crippen molar-refractivity contribution in [3.8, 4) is 0 Å². The van der Waals surface area contributed by atoms with E-state index in [0.29, 0.717) is 0 Å². The first-order chi connectivity index (χ1) is 9.36. The fraction of sp³-hybridized carbons (Fsp3) is 0.643. The summed E-state index contributed by atoms with van der Waals surface area (Å²) in [6, 6.07) is 2.02. The van der Waals surface area contributed by atoms with Crippen molar-refractivity contribution in [3.63, 3.8) is 0 Å². The summed E-state index contributed by atoms with van der Waals surface area (Å²) in [5.41, 5.74) is 0.206. The molecule has 2 N–H and O–H groups in total. The Morgan fingerprint density at radius 3 is 2.65 bits per heavy atom. The molecule has 1 aliphatic carbocycles. The van der Waals surface area contributed by atoms with Crippen molar-refractivity contribution >= 4 is 11.9 Å². The highest BCUT2D eigenvalue weighted by Gasteiger charge is 2.44. The molecule has 1 fully saturated rings. The number of carbonyl (C=O) groups excluding carboxylic acids is 1. The van der Waals surface area contributed by atoms with E-state index in [9.17, 15) is 14.7 Å². The monoisotopic (exact) mass is 279 g/mol. The lowest BCUT2D eigenvalue weighted by Gasteiger charge is -2.23. The summed E-state index contributed by atoms with van der Waals surface area (Å²) in [5.74, 6) is -1.51. The molecule has 6 heteroatoms. The first kappa shape index (κ1) is 14.6. The number of nitrogens with zero attached hydrogens (tertiary/aromatic N) is 2. The molecule has 0 aliphatic heterocycles. The minimum Gasteiger partial charge on any atom is -0.480 e. The first-order valence-corrected chi connectivity index (χ1v) is 6.93. The number of carboxylic acid groups (broad SMARTS) is 1. The molecule has 0 spiro atoms. The third kappa shape index (κ3) is 2.84. The molecule has 0 aromatic carbocycles. The summed E-state index contributed by atoms with van der Waals surface area (Å²) >= 11 is 0. The van der Waals surface area contributed by atoms with Crippen molar-refractivity contribution in [2.45, 2.75) is 45.6 Å². The van der Waals surface area contributed by atoms with Gasteiger partial charge < -0.3 is 10.4 Å². The number of hydrogen-bond donors (Lipinski definition) is 2. The minimum absolute atomic E-state index is 0.143. The molecule has 1 unspecified atom stereocenters. The second-order valence-corrected chi connectivity index (χ2v) is 5.67. The number of carboxylic acids is 1. The number of aliphatic carboxylic acids is 1. The molecular weight excluding hydrogens is 258 g/mol. The van der Waals surface area contributed by atoms with Crippen LogP contribution < -0.4 is 5.32 Å². The van der Waals surface area contributed by atoms with E-state index in [1.54, 1.807) is 11.7 Å². The first-order valence-electron chi connectivity index (χ1n) is 6.93. The highest BCUT2D eigenvalue weighted by atomic mass is 16.4. The normalized spacial score (nSPS) is 17.6. The molecule has 2 rings (SSSR count). The Morgan fingerprint density at radius 2 is 2.20 bits per heavy atom. The number of nitrogens with one attached hydrogen (secondary N) is 1. The number of rotatable bonds is 6. The molecule has 1 aromatic heterocycles. The van der Waals surface area contributed by atoms with E-state index in [1.807, 2.05) is 13.0 Å². The van der Waals surface area contributed by atoms with Crippen molar-refractivity contribution in [2.75, 3.05) is 0 Å². The predicted octanol–water partition coefficient (Wildman–Crippen LogP) is 0.894. The van der Waals surface area contributed by atoms with Crippen LogP contribution in [-0.4, -0.2) is 32.8 Å². The van der Waals surface area contributed by atoms with Gasteiger partial charge in [0.2, 0.25) is 5.91 Å². The topological polar surface area (TPSA) is 84.2 Å². The van der Waals surface area contributed by atoms with Crippen molar-refractivity contribution in [3.05, 3.63) is 17.5 Å². The summed E-state index contributed by atoms with van der Waals surface area (Å²) in [6.45, 7) is 3.47. The van der Waals surface area contributed by atoms with Crippen LogP contribution in [0.2, 0.25) is 0 Å². The van der Waals surface area contributed by atoms with Gasteiger partial charge >= 0.3 is 5.97 Å². The Balaban J connectivity index is 2.20. The average Bonchev–Trinajstić information content (AvgIpc) is 3.13. The number of aromatic nitrogens is 2. The van der Waals surface area contributed by atoms with E-state index in [1.165, 1.54) is 6.92 Å². The van der Waals surface area contributed by atoms with Gasteiger partial charge in [0.15, 0.2) is 0 Å². The summed E-state index contributed by atoms with van der Waals surface area (Å²) in [5, 5.41) is 16.5. The molecule has 1 aromatic rings. The highest BCUT2D eigenvalue weighted by molar-refractivity contribution is 6.01. The van der Waals surface area contributed by atoms with Crippen molar-refractivity contribution in [1.82, 2.24) is 15.1 Å². The van der Waals surface area contributed by atoms with Crippen LogP contribution in [-0.2, 0) is 29.5 Å². The third-order valence-corrected chi connectivity index (χ3v) is 3.81. The second-order valence-electron chi connectivity index (χ2n) is 5.67. The summed E-state index contributed by atoms with van der Waals surface area (Å²) in [4.78, 5) is 23.8. The maximum atomic E-state index is 12.2. The molecule has 0 bridgehead atoms. The highest BCUT2D eigenvalue weighted by Crippen LogP contribution is 2.27. The Kier molecular flexibility index (Phi) is 3.83. The zero-order valence-electron chi connectivity index (χ0n) is 12.1.